The van der Waals surface area contributed by atoms with Gasteiger partial charge in [-0.05, 0) is 0 Å². The average molecular weight is 512 g/mol. The van der Waals surface area contributed by atoms with Gasteiger partial charge in [-0.25, -0.2) is 4.79 Å². The SMILES string of the molecule is C=CC(=O)OCCOCCOCCOCCOCCOCCOCCOCCOCCOCCN. The highest BCUT2D eigenvalue weighted by Gasteiger charge is 1.97. The lowest BCUT2D eigenvalue weighted by atomic mass is 10.6. The van der Waals surface area contributed by atoms with Crippen molar-refractivity contribution in [3.8, 4) is 0 Å². The summed E-state index contributed by atoms with van der Waals surface area (Å²) in [6, 6.07) is 0. The number of hydrogen-bond acceptors (Lipinski definition) is 12. The molecule has 35 heavy (non-hydrogen) atoms. The molecule has 0 aliphatic heterocycles. The van der Waals surface area contributed by atoms with Crippen molar-refractivity contribution in [2.45, 2.75) is 0 Å². The molecule has 2 N–H and O–H groups in total. The van der Waals surface area contributed by atoms with Crippen molar-refractivity contribution in [2.75, 3.05) is 132 Å². The fourth-order valence-corrected chi connectivity index (χ4v) is 2.20. The minimum absolute atomic E-state index is 0.202. The van der Waals surface area contributed by atoms with Gasteiger partial charge in [-0.1, -0.05) is 6.58 Å². The zero-order valence-corrected chi connectivity index (χ0v) is 21.0. The van der Waals surface area contributed by atoms with Crippen LogP contribution in [0.15, 0.2) is 12.7 Å². The summed E-state index contributed by atoms with van der Waals surface area (Å²) in [4.78, 5) is 10.8. The largest absolute Gasteiger partial charge is 0.460 e. The third-order valence-corrected chi connectivity index (χ3v) is 3.88. The van der Waals surface area contributed by atoms with E-state index in [1.165, 1.54) is 0 Å². The van der Waals surface area contributed by atoms with Crippen molar-refractivity contribution >= 4 is 5.97 Å². The summed E-state index contributed by atoms with van der Waals surface area (Å²) in [6.07, 6.45) is 1.11. The number of nitrogens with two attached hydrogens (primary N) is 1. The van der Waals surface area contributed by atoms with Gasteiger partial charge in [-0.2, -0.15) is 0 Å². The molecule has 0 aliphatic rings. The third-order valence-electron chi connectivity index (χ3n) is 3.88. The standard InChI is InChI=1S/C23H45NO11/c1-2-23(25)35-22-21-34-20-19-33-18-17-32-16-15-31-14-13-30-12-11-29-10-9-28-8-7-27-6-5-26-4-3-24/h2H,1,3-22,24H2. The molecule has 0 saturated carbocycles. The van der Waals surface area contributed by atoms with Gasteiger partial charge in [0, 0.05) is 12.6 Å². The minimum Gasteiger partial charge on any atom is -0.460 e. The monoisotopic (exact) mass is 511 g/mol. The number of esters is 1. The highest BCUT2D eigenvalue weighted by atomic mass is 16.6. The molecule has 0 rings (SSSR count). The Kier molecular flexibility index (Phi) is 29.8. The van der Waals surface area contributed by atoms with Gasteiger partial charge in [0.05, 0.1) is 119 Å². The van der Waals surface area contributed by atoms with Gasteiger partial charge in [-0.15, -0.1) is 0 Å². The van der Waals surface area contributed by atoms with E-state index in [-0.39, 0.29) is 6.61 Å². The molecule has 0 aromatic rings. The minimum atomic E-state index is -0.457. The van der Waals surface area contributed by atoms with E-state index in [2.05, 4.69) is 6.58 Å². The van der Waals surface area contributed by atoms with Gasteiger partial charge in [0.25, 0.3) is 0 Å². The van der Waals surface area contributed by atoms with E-state index < -0.39 is 5.97 Å². The number of carbonyl (C=O) groups excluding carboxylic acids is 1. The first kappa shape index (κ1) is 33.8. The predicted molar refractivity (Wildman–Crippen MR) is 128 cm³/mol. The van der Waals surface area contributed by atoms with Crippen molar-refractivity contribution in [3.63, 3.8) is 0 Å². The topological polar surface area (TPSA) is 135 Å². The van der Waals surface area contributed by atoms with Gasteiger partial charge < -0.3 is 53.1 Å². The van der Waals surface area contributed by atoms with E-state index in [1.807, 2.05) is 0 Å². The van der Waals surface area contributed by atoms with Gasteiger partial charge in [0.1, 0.15) is 6.61 Å². The second-order valence-corrected chi connectivity index (χ2v) is 6.67. The van der Waals surface area contributed by atoms with Crippen molar-refractivity contribution in [2.24, 2.45) is 5.73 Å². The van der Waals surface area contributed by atoms with Crippen LogP contribution < -0.4 is 5.73 Å². The molecule has 0 aromatic carbocycles. The summed E-state index contributed by atoms with van der Waals surface area (Å²) in [5, 5.41) is 0. The molecule has 0 amide bonds. The van der Waals surface area contributed by atoms with E-state index in [1.54, 1.807) is 0 Å². The smallest absolute Gasteiger partial charge is 0.330 e. The van der Waals surface area contributed by atoms with E-state index in [9.17, 15) is 4.79 Å². The van der Waals surface area contributed by atoms with E-state index >= 15 is 0 Å². The Bertz CT molecular complexity index is 444. The van der Waals surface area contributed by atoms with Gasteiger partial charge >= 0.3 is 5.97 Å². The Morgan fingerprint density at radius 2 is 0.686 bits per heavy atom. The Labute approximate surface area is 209 Å². The Hall–Kier alpha value is -1.19. The maximum Gasteiger partial charge on any atom is 0.330 e. The third kappa shape index (κ3) is 30.8. The molecule has 0 atom stereocenters. The molecule has 0 saturated heterocycles. The van der Waals surface area contributed by atoms with Crippen molar-refractivity contribution in [1.82, 2.24) is 0 Å². The summed E-state index contributed by atoms with van der Waals surface area (Å²) < 4.78 is 53.0. The molecular weight excluding hydrogens is 466 g/mol. The van der Waals surface area contributed by atoms with Crippen LogP contribution in [0.25, 0.3) is 0 Å². The zero-order valence-electron chi connectivity index (χ0n) is 21.0. The quantitative estimate of drug-likeness (QED) is 0.0779. The molecule has 12 nitrogen and oxygen atoms in total. The highest BCUT2D eigenvalue weighted by Crippen LogP contribution is 1.86. The lowest BCUT2D eigenvalue weighted by Crippen LogP contribution is -2.15. The van der Waals surface area contributed by atoms with Crippen LogP contribution in [0.3, 0.4) is 0 Å². The molecule has 0 aliphatic carbocycles. The van der Waals surface area contributed by atoms with Crippen molar-refractivity contribution in [1.29, 1.82) is 0 Å². The molecule has 12 heteroatoms. The molecule has 0 heterocycles. The molecule has 0 radical (unpaired) electrons. The maximum absolute atomic E-state index is 10.8. The van der Waals surface area contributed by atoms with E-state index in [0.717, 1.165) is 6.08 Å². The second kappa shape index (κ2) is 30.8. The van der Waals surface area contributed by atoms with Crippen LogP contribution in [0.1, 0.15) is 0 Å². The Morgan fingerprint density at radius 1 is 0.457 bits per heavy atom. The fraction of sp³-hybridized carbons (Fsp3) is 0.870. The molecule has 0 fully saturated rings. The zero-order chi connectivity index (χ0) is 25.5. The van der Waals surface area contributed by atoms with Crippen LogP contribution >= 0.6 is 0 Å². The van der Waals surface area contributed by atoms with Gasteiger partial charge in [0.15, 0.2) is 0 Å². The maximum atomic E-state index is 10.8. The first-order valence-corrected chi connectivity index (χ1v) is 12.0. The summed E-state index contributed by atoms with van der Waals surface area (Å²) >= 11 is 0. The number of rotatable bonds is 30. The fourth-order valence-electron chi connectivity index (χ4n) is 2.20. The van der Waals surface area contributed by atoms with Crippen LogP contribution in [-0.4, -0.2) is 138 Å². The van der Waals surface area contributed by atoms with Crippen molar-refractivity contribution < 1.29 is 52.2 Å². The summed E-state index contributed by atoms with van der Waals surface area (Å²) in [7, 11) is 0. The first-order chi connectivity index (χ1) is 17.3. The summed E-state index contributed by atoms with van der Waals surface area (Å²) in [5.74, 6) is -0.457. The Morgan fingerprint density at radius 3 is 0.914 bits per heavy atom. The van der Waals surface area contributed by atoms with Crippen LogP contribution in [0, 0.1) is 0 Å². The van der Waals surface area contributed by atoms with Crippen LogP contribution in [-0.2, 0) is 52.2 Å². The lowest BCUT2D eigenvalue weighted by Gasteiger charge is -2.09. The molecule has 0 spiro atoms. The molecular formula is C23H45NO11. The first-order valence-electron chi connectivity index (χ1n) is 12.0. The van der Waals surface area contributed by atoms with E-state index in [4.69, 9.17) is 53.1 Å². The van der Waals surface area contributed by atoms with E-state index in [0.29, 0.717) is 125 Å². The summed E-state index contributed by atoms with van der Waals surface area (Å²) in [5.41, 5.74) is 5.31. The van der Waals surface area contributed by atoms with Crippen LogP contribution in [0.4, 0.5) is 0 Å². The molecule has 0 aromatic heterocycles. The Balaban J connectivity index is 3.03. The predicted octanol–water partition coefficient (Wildman–Crippen LogP) is -0.176. The highest BCUT2D eigenvalue weighted by molar-refractivity contribution is 5.81. The van der Waals surface area contributed by atoms with Crippen LogP contribution in [0.2, 0.25) is 0 Å². The molecule has 208 valence electrons. The number of ether oxygens (including phenoxy) is 10. The molecule has 0 bridgehead atoms. The van der Waals surface area contributed by atoms with Crippen molar-refractivity contribution in [3.05, 3.63) is 12.7 Å². The van der Waals surface area contributed by atoms with Gasteiger partial charge in [-0.3, -0.25) is 0 Å². The number of carbonyl (C=O) groups is 1. The average Bonchev–Trinajstić information content (AvgIpc) is 2.87. The second-order valence-electron chi connectivity index (χ2n) is 6.67. The summed E-state index contributed by atoms with van der Waals surface area (Å²) in [6.45, 7) is 12.9. The van der Waals surface area contributed by atoms with Gasteiger partial charge in [0.2, 0.25) is 0 Å². The lowest BCUT2D eigenvalue weighted by molar-refractivity contribution is -0.139. The number of hydrogen-bond donors (Lipinski definition) is 1. The normalized spacial score (nSPS) is 11.1. The molecule has 0 unspecified atom stereocenters. The van der Waals surface area contributed by atoms with Crippen LogP contribution in [0.5, 0.6) is 0 Å².